The summed E-state index contributed by atoms with van der Waals surface area (Å²) in [7, 11) is 1.32. The lowest BCUT2D eigenvalue weighted by Gasteiger charge is -2.14. The number of halogens is 1. The van der Waals surface area contributed by atoms with E-state index in [0.717, 1.165) is 0 Å². The normalized spacial score (nSPS) is 11.4. The van der Waals surface area contributed by atoms with Crippen LogP contribution in [0.15, 0.2) is 52.9 Å². The lowest BCUT2D eigenvalue weighted by atomic mass is 9.98. The average Bonchev–Trinajstić information content (AvgIpc) is 3.11. The van der Waals surface area contributed by atoms with Gasteiger partial charge in [-0.15, -0.1) is 10.2 Å². The number of carbonyl (C=O) groups excluding carboxylic acids is 1. The number of esters is 1. The van der Waals surface area contributed by atoms with Crippen LogP contribution in [0.2, 0.25) is 0 Å². The molecule has 6 heteroatoms. The Labute approximate surface area is 144 Å². The number of benzene rings is 2. The number of methoxy groups -OCH3 is 1. The second-order valence-electron chi connectivity index (χ2n) is 6.04. The van der Waals surface area contributed by atoms with E-state index in [1.54, 1.807) is 48.5 Å². The number of nitrogens with zero attached hydrogens (tertiary/aromatic N) is 2. The maximum Gasteiger partial charge on any atom is 0.337 e. The predicted octanol–water partition coefficient (Wildman–Crippen LogP) is 4.39. The molecule has 128 valence electrons. The second-order valence-corrected chi connectivity index (χ2v) is 6.04. The molecular formula is C19H17FN2O3. The molecule has 0 aliphatic carbocycles. The second kappa shape index (κ2) is 6.47. The van der Waals surface area contributed by atoms with Gasteiger partial charge in [0.25, 0.3) is 0 Å². The minimum atomic E-state index is -1.46. The van der Waals surface area contributed by atoms with Gasteiger partial charge in [-0.3, -0.25) is 0 Å². The molecule has 0 amide bonds. The fraction of sp³-hybridized carbons (Fsp3) is 0.211. The van der Waals surface area contributed by atoms with Crippen LogP contribution in [0, 0.1) is 0 Å². The Hall–Kier alpha value is -3.02. The van der Waals surface area contributed by atoms with Crippen LogP contribution in [0.25, 0.3) is 22.9 Å². The molecular weight excluding hydrogens is 323 g/mol. The van der Waals surface area contributed by atoms with E-state index >= 15 is 0 Å². The van der Waals surface area contributed by atoms with E-state index in [4.69, 9.17) is 9.15 Å². The summed E-state index contributed by atoms with van der Waals surface area (Å²) >= 11 is 0. The van der Waals surface area contributed by atoms with E-state index in [-0.39, 0.29) is 11.8 Å². The minimum Gasteiger partial charge on any atom is -0.465 e. The van der Waals surface area contributed by atoms with Gasteiger partial charge in [-0.1, -0.05) is 18.2 Å². The molecule has 0 aliphatic rings. The Kier molecular flexibility index (Phi) is 4.35. The van der Waals surface area contributed by atoms with Gasteiger partial charge in [-0.25, -0.2) is 9.18 Å². The van der Waals surface area contributed by atoms with Crippen LogP contribution >= 0.6 is 0 Å². The van der Waals surface area contributed by atoms with Crippen molar-refractivity contribution in [3.05, 3.63) is 59.7 Å². The summed E-state index contributed by atoms with van der Waals surface area (Å²) in [5.74, 6) is 0.106. The van der Waals surface area contributed by atoms with E-state index in [1.165, 1.54) is 21.0 Å². The van der Waals surface area contributed by atoms with Crippen molar-refractivity contribution >= 4 is 5.97 Å². The molecule has 5 nitrogen and oxygen atoms in total. The lowest BCUT2D eigenvalue weighted by Crippen LogP contribution is -2.08. The van der Waals surface area contributed by atoms with Crippen LogP contribution in [-0.2, 0) is 10.4 Å². The zero-order valence-electron chi connectivity index (χ0n) is 14.1. The molecule has 0 fully saturated rings. The topological polar surface area (TPSA) is 65.2 Å². The molecule has 0 atom stereocenters. The Morgan fingerprint density at radius 3 is 2.24 bits per heavy atom. The van der Waals surface area contributed by atoms with Gasteiger partial charge < -0.3 is 9.15 Å². The van der Waals surface area contributed by atoms with Gasteiger partial charge in [0.05, 0.1) is 12.7 Å². The Morgan fingerprint density at radius 1 is 1.04 bits per heavy atom. The summed E-state index contributed by atoms with van der Waals surface area (Å²) in [6.07, 6.45) is 0. The molecule has 0 radical (unpaired) electrons. The highest BCUT2D eigenvalue weighted by Crippen LogP contribution is 2.30. The van der Waals surface area contributed by atoms with Crippen molar-refractivity contribution in [3.8, 4) is 22.9 Å². The molecule has 0 aliphatic heterocycles. The van der Waals surface area contributed by atoms with Crippen LogP contribution in [0.5, 0.6) is 0 Å². The van der Waals surface area contributed by atoms with E-state index in [9.17, 15) is 9.18 Å². The fourth-order valence-electron chi connectivity index (χ4n) is 2.38. The number of carbonyl (C=O) groups is 1. The quantitative estimate of drug-likeness (QED) is 0.659. The molecule has 2 aromatic carbocycles. The molecule has 25 heavy (non-hydrogen) atoms. The molecule has 1 aromatic heterocycles. The van der Waals surface area contributed by atoms with E-state index in [2.05, 4.69) is 10.2 Å². The van der Waals surface area contributed by atoms with E-state index < -0.39 is 11.6 Å². The third-order valence-electron chi connectivity index (χ3n) is 3.75. The lowest BCUT2D eigenvalue weighted by molar-refractivity contribution is 0.0601. The van der Waals surface area contributed by atoms with Crippen LogP contribution in [0.4, 0.5) is 4.39 Å². The summed E-state index contributed by atoms with van der Waals surface area (Å²) in [4.78, 5) is 11.6. The molecule has 0 saturated heterocycles. The van der Waals surface area contributed by atoms with Gasteiger partial charge >= 0.3 is 5.97 Å². The van der Waals surface area contributed by atoms with Crippen LogP contribution in [-0.4, -0.2) is 23.3 Å². The monoisotopic (exact) mass is 340 g/mol. The number of hydrogen-bond acceptors (Lipinski definition) is 5. The van der Waals surface area contributed by atoms with Crippen molar-refractivity contribution in [2.75, 3.05) is 7.11 Å². The molecule has 1 heterocycles. The highest BCUT2D eigenvalue weighted by Gasteiger charge is 2.20. The Bertz CT molecular complexity index is 913. The van der Waals surface area contributed by atoms with Gasteiger partial charge in [0.2, 0.25) is 11.8 Å². The number of rotatable bonds is 4. The molecule has 0 N–H and O–H groups in total. The smallest absolute Gasteiger partial charge is 0.337 e. The van der Waals surface area contributed by atoms with E-state index in [1.807, 2.05) is 0 Å². The molecule has 3 aromatic rings. The third kappa shape index (κ3) is 3.57. The summed E-state index contributed by atoms with van der Waals surface area (Å²) in [6.45, 7) is 2.98. The molecule has 0 unspecified atom stereocenters. The Morgan fingerprint density at radius 2 is 1.64 bits per heavy atom. The van der Waals surface area contributed by atoms with Crippen LogP contribution in [0.1, 0.15) is 29.8 Å². The summed E-state index contributed by atoms with van der Waals surface area (Å²) in [5, 5.41) is 8.04. The van der Waals surface area contributed by atoms with Crippen LogP contribution in [0.3, 0.4) is 0 Å². The highest BCUT2D eigenvalue weighted by atomic mass is 19.1. The van der Waals surface area contributed by atoms with Crippen molar-refractivity contribution in [3.63, 3.8) is 0 Å². The Balaban J connectivity index is 1.95. The molecule has 0 saturated carbocycles. The van der Waals surface area contributed by atoms with Gasteiger partial charge in [0.1, 0.15) is 5.67 Å². The number of aromatic nitrogens is 2. The number of hydrogen-bond donors (Lipinski definition) is 0. The van der Waals surface area contributed by atoms with Crippen molar-refractivity contribution in [1.82, 2.24) is 10.2 Å². The fourth-order valence-corrected chi connectivity index (χ4v) is 2.38. The molecule has 3 rings (SSSR count). The van der Waals surface area contributed by atoms with E-state index in [0.29, 0.717) is 22.3 Å². The number of ether oxygens (including phenoxy) is 1. The third-order valence-corrected chi connectivity index (χ3v) is 3.75. The zero-order chi connectivity index (χ0) is 18.0. The molecule has 0 spiro atoms. The highest BCUT2D eigenvalue weighted by molar-refractivity contribution is 5.90. The maximum atomic E-state index is 14.1. The van der Waals surface area contributed by atoms with Gasteiger partial charge in [-0.05, 0) is 49.7 Å². The van der Waals surface area contributed by atoms with Crippen molar-refractivity contribution in [2.24, 2.45) is 0 Å². The number of alkyl halides is 1. The summed E-state index contributed by atoms with van der Waals surface area (Å²) < 4.78 is 24.5. The first kappa shape index (κ1) is 16.8. The van der Waals surface area contributed by atoms with Crippen LogP contribution < -0.4 is 0 Å². The largest absolute Gasteiger partial charge is 0.465 e. The first-order valence-electron chi connectivity index (χ1n) is 7.70. The van der Waals surface area contributed by atoms with Gasteiger partial charge in [-0.2, -0.15) is 0 Å². The predicted molar refractivity (Wildman–Crippen MR) is 90.6 cm³/mol. The minimum absolute atomic E-state index is 0.269. The van der Waals surface area contributed by atoms with Crippen molar-refractivity contribution in [1.29, 1.82) is 0 Å². The summed E-state index contributed by atoms with van der Waals surface area (Å²) in [5.41, 5.74) is 0.682. The zero-order valence-corrected chi connectivity index (χ0v) is 14.1. The standard InChI is InChI=1S/C19H17FN2O3/c1-19(2,20)15-9-5-7-13(11-15)17-22-21-16(25-17)12-6-4-8-14(10-12)18(23)24-3/h4-11H,1-3H3. The summed E-state index contributed by atoms with van der Waals surface area (Å²) in [6, 6.07) is 13.6. The van der Waals surface area contributed by atoms with Crippen molar-refractivity contribution in [2.45, 2.75) is 19.5 Å². The first-order chi connectivity index (χ1) is 11.9. The van der Waals surface area contributed by atoms with Gasteiger partial charge in [0.15, 0.2) is 0 Å². The first-order valence-corrected chi connectivity index (χ1v) is 7.70. The van der Waals surface area contributed by atoms with Crippen molar-refractivity contribution < 1.29 is 18.3 Å². The maximum absolute atomic E-state index is 14.1. The average molecular weight is 340 g/mol. The SMILES string of the molecule is COC(=O)c1cccc(-c2nnc(-c3cccc(C(C)(C)F)c3)o2)c1. The van der Waals surface area contributed by atoms with Gasteiger partial charge in [0, 0.05) is 11.1 Å². The molecule has 0 bridgehead atoms.